The van der Waals surface area contributed by atoms with Crippen LogP contribution in [0.4, 0.5) is 5.69 Å². The van der Waals surface area contributed by atoms with E-state index in [0.717, 1.165) is 16.8 Å². The third-order valence-electron chi connectivity index (χ3n) is 4.38. The van der Waals surface area contributed by atoms with Crippen molar-refractivity contribution in [1.29, 1.82) is 0 Å². The minimum Gasteiger partial charge on any atom is -0.348 e. The number of fused-ring (bicyclic) bond motifs is 1. The van der Waals surface area contributed by atoms with E-state index in [1.807, 2.05) is 61.5 Å². The Kier molecular flexibility index (Phi) is 4.72. The van der Waals surface area contributed by atoms with Crippen molar-refractivity contribution in [2.24, 2.45) is 0 Å². The average Bonchev–Trinajstić information content (AvgIpc) is 3.13. The smallest absolute Gasteiger partial charge is 0.299 e. The predicted octanol–water partition coefficient (Wildman–Crippen LogP) is 3.39. The molecule has 0 bridgehead atoms. The second kappa shape index (κ2) is 7.48. The zero-order chi connectivity index (χ0) is 19.5. The van der Waals surface area contributed by atoms with Crippen LogP contribution >= 0.6 is 0 Å². The standard InChI is InChI=1S/C21H18N4O3/c1-14-6-5-9-16(12-14)23-17(26)10-11-25-13-22-19-18(15-7-3-2-4-8-15)24-28-20(19)21(25)27/h2-9,12-13H,10-11H2,1H3,(H,23,26). The lowest BCUT2D eigenvalue weighted by atomic mass is 10.1. The van der Waals surface area contributed by atoms with Crippen molar-refractivity contribution in [2.75, 3.05) is 5.32 Å². The van der Waals surface area contributed by atoms with E-state index in [1.165, 1.54) is 10.9 Å². The first-order valence-corrected chi connectivity index (χ1v) is 8.88. The first kappa shape index (κ1) is 17.7. The molecule has 140 valence electrons. The number of hydrogen-bond acceptors (Lipinski definition) is 5. The Morgan fingerprint density at radius 1 is 1.14 bits per heavy atom. The van der Waals surface area contributed by atoms with Crippen molar-refractivity contribution in [1.82, 2.24) is 14.7 Å². The molecule has 7 heteroatoms. The van der Waals surface area contributed by atoms with E-state index in [4.69, 9.17) is 4.52 Å². The molecule has 0 unspecified atom stereocenters. The SMILES string of the molecule is Cc1cccc(NC(=O)CCn2cnc3c(-c4ccccc4)noc3c2=O)c1. The number of nitrogens with zero attached hydrogens (tertiary/aromatic N) is 3. The zero-order valence-electron chi connectivity index (χ0n) is 15.3. The summed E-state index contributed by atoms with van der Waals surface area (Å²) >= 11 is 0. The van der Waals surface area contributed by atoms with Gasteiger partial charge in [-0.05, 0) is 24.6 Å². The van der Waals surface area contributed by atoms with Gasteiger partial charge in [-0.3, -0.25) is 14.2 Å². The Labute approximate surface area is 160 Å². The van der Waals surface area contributed by atoms with Crippen LogP contribution < -0.4 is 10.9 Å². The van der Waals surface area contributed by atoms with Crippen LogP contribution in [0.5, 0.6) is 0 Å². The first-order chi connectivity index (χ1) is 13.6. The zero-order valence-corrected chi connectivity index (χ0v) is 15.3. The Morgan fingerprint density at radius 3 is 2.75 bits per heavy atom. The summed E-state index contributed by atoms with van der Waals surface area (Å²) in [5.41, 5.74) is 3.28. The molecule has 2 aromatic heterocycles. The van der Waals surface area contributed by atoms with Crippen molar-refractivity contribution in [3.63, 3.8) is 0 Å². The van der Waals surface area contributed by atoms with E-state index in [-0.39, 0.29) is 30.0 Å². The van der Waals surface area contributed by atoms with Crippen molar-refractivity contribution < 1.29 is 9.32 Å². The van der Waals surface area contributed by atoms with Crippen LogP contribution in [-0.2, 0) is 11.3 Å². The summed E-state index contributed by atoms with van der Waals surface area (Å²) in [6.45, 7) is 2.15. The normalized spacial score (nSPS) is 10.9. The Balaban J connectivity index is 1.51. The summed E-state index contributed by atoms with van der Waals surface area (Å²) in [6.07, 6.45) is 1.56. The maximum absolute atomic E-state index is 12.6. The van der Waals surface area contributed by atoms with Gasteiger partial charge in [-0.2, -0.15) is 0 Å². The minimum absolute atomic E-state index is 0.0837. The highest BCUT2D eigenvalue weighted by molar-refractivity contribution is 5.90. The van der Waals surface area contributed by atoms with Gasteiger partial charge in [0.15, 0.2) is 0 Å². The van der Waals surface area contributed by atoms with Gasteiger partial charge in [-0.1, -0.05) is 47.6 Å². The molecular formula is C21H18N4O3. The summed E-state index contributed by atoms with van der Waals surface area (Å²) in [6, 6.07) is 16.9. The summed E-state index contributed by atoms with van der Waals surface area (Å²) in [5.74, 6) is -0.180. The van der Waals surface area contributed by atoms with E-state index in [9.17, 15) is 9.59 Å². The van der Waals surface area contributed by atoms with Crippen LogP contribution in [-0.4, -0.2) is 20.6 Å². The molecule has 1 amide bonds. The van der Waals surface area contributed by atoms with E-state index in [0.29, 0.717) is 11.2 Å². The molecular weight excluding hydrogens is 356 g/mol. The van der Waals surface area contributed by atoms with E-state index >= 15 is 0 Å². The van der Waals surface area contributed by atoms with Crippen LogP contribution in [0.1, 0.15) is 12.0 Å². The molecule has 0 spiro atoms. The lowest BCUT2D eigenvalue weighted by molar-refractivity contribution is -0.116. The predicted molar refractivity (Wildman–Crippen MR) is 106 cm³/mol. The lowest BCUT2D eigenvalue weighted by Crippen LogP contribution is -2.23. The van der Waals surface area contributed by atoms with Gasteiger partial charge in [-0.25, -0.2) is 4.98 Å². The van der Waals surface area contributed by atoms with Crippen LogP contribution in [0.2, 0.25) is 0 Å². The third kappa shape index (κ3) is 3.55. The van der Waals surface area contributed by atoms with Crippen molar-refractivity contribution in [3.05, 3.63) is 76.8 Å². The van der Waals surface area contributed by atoms with E-state index in [2.05, 4.69) is 15.5 Å². The number of amides is 1. The van der Waals surface area contributed by atoms with Gasteiger partial charge in [0.25, 0.3) is 11.1 Å². The molecule has 4 aromatic rings. The monoisotopic (exact) mass is 374 g/mol. The molecule has 0 aliphatic rings. The topological polar surface area (TPSA) is 90.0 Å². The second-order valence-corrected chi connectivity index (χ2v) is 6.49. The number of carbonyl (C=O) groups is 1. The number of carbonyl (C=O) groups excluding carboxylic acids is 1. The molecule has 2 aromatic carbocycles. The highest BCUT2D eigenvalue weighted by Gasteiger charge is 2.16. The van der Waals surface area contributed by atoms with Crippen LogP contribution in [0.25, 0.3) is 22.4 Å². The molecule has 0 saturated carbocycles. The first-order valence-electron chi connectivity index (χ1n) is 8.88. The summed E-state index contributed by atoms with van der Waals surface area (Å²) in [4.78, 5) is 29.2. The van der Waals surface area contributed by atoms with Crippen molar-refractivity contribution in [2.45, 2.75) is 19.9 Å². The molecule has 7 nitrogen and oxygen atoms in total. The average molecular weight is 374 g/mol. The van der Waals surface area contributed by atoms with Crippen LogP contribution in [0.15, 0.2) is 70.2 Å². The molecule has 0 fully saturated rings. The van der Waals surface area contributed by atoms with Gasteiger partial charge in [0.2, 0.25) is 5.91 Å². The second-order valence-electron chi connectivity index (χ2n) is 6.49. The molecule has 4 rings (SSSR count). The number of aryl methyl sites for hydroxylation is 2. The molecule has 1 N–H and O–H groups in total. The Hall–Kier alpha value is -3.74. The fourth-order valence-corrected chi connectivity index (χ4v) is 2.97. The summed E-state index contributed by atoms with van der Waals surface area (Å²) in [5, 5.41) is 6.82. The van der Waals surface area contributed by atoms with E-state index < -0.39 is 0 Å². The largest absolute Gasteiger partial charge is 0.348 e. The molecule has 0 radical (unpaired) electrons. The number of benzene rings is 2. The van der Waals surface area contributed by atoms with Crippen molar-refractivity contribution in [3.8, 4) is 11.3 Å². The molecule has 0 saturated heterocycles. The quantitative estimate of drug-likeness (QED) is 0.578. The fraction of sp³-hybridized carbons (Fsp3) is 0.143. The highest BCUT2D eigenvalue weighted by atomic mass is 16.5. The highest BCUT2D eigenvalue weighted by Crippen LogP contribution is 2.23. The van der Waals surface area contributed by atoms with Crippen molar-refractivity contribution >= 4 is 22.7 Å². The molecule has 28 heavy (non-hydrogen) atoms. The fourth-order valence-electron chi connectivity index (χ4n) is 2.97. The van der Waals surface area contributed by atoms with Gasteiger partial charge >= 0.3 is 0 Å². The Bertz CT molecular complexity index is 1200. The number of nitrogens with one attached hydrogen (secondary N) is 1. The van der Waals surface area contributed by atoms with Crippen LogP contribution in [0.3, 0.4) is 0 Å². The number of anilines is 1. The van der Waals surface area contributed by atoms with Gasteiger partial charge in [-0.15, -0.1) is 0 Å². The van der Waals surface area contributed by atoms with Gasteiger partial charge < -0.3 is 9.84 Å². The van der Waals surface area contributed by atoms with Gasteiger partial charge in [0, 0.05) is 24.2 Å². The molecule has 0 atom stereocenters. The molecule has 0 aliphatic carbocycles. The maximum atomic E-state index is 12.6. The number of rotatable bonds is 5. The number of aromatic nitrogens is 3. The van der Waals surface area contributed by atoms with Crippen LogP contribution in [0, 0.1) is 6.92 Å². The minimum atomic E-state index is -0.358. The molecule has 0 aliphatic heterocycles. The molecule has 2 heterocycles. The summed E-state index contributed by atoms with van der Waals surface area (Å²) < 4.78 is 6.60. The van der Waals surface area contributed by atoms with Gasteiger partial charge in [0.05, 0.1) is 6.33 Å². The maximum Gasteiger partial charge on any atom is 0.299 e. The van der Waals surface area contributed by atoms with E-state index in [1.54, 1.807) is 0 Å². The third-order valence-corrected chi connectivity index (χ3v) is 4.38. The summed E-state index contributed by atoms with van der Waals surface area (Å²) in [7, 11) is 0. The van der Waals surface area contributed by atoms with Gasteiger partial charge in [0.1, 0.15) is 11.2 Å². The Morgan fingerprint density at radius 2 is 1.96 bits per heavy atom. The lowest BCUT2D eigenvalue weighted by Gasteiger charge is -2.07. The number of hydrogen-bond donors (Lipinski definition) is 1.